The van der Waals surface area contributed by atoms with Crippen LogP contribution in [0.4, 0.5) is 0 Å². The predicted octanol–water partition coefficient (Wildman–Crippen LogP) is 0.209. The molecule has 2 unspecified atom stereocenters. The molecule has 0 bridgehead atoms. The van der Waals surface area contributed by atoms with Gasteiger partial charge in [-0.25, -0.2) is 0 Å². The Bertz CT molecular complexity index is 921. The zero-order valence-electron chi connectivity index (χ0n) is 15.4. The summed E-state index contributed by atoms with van der Waals surface area (Å²) in [6, 6.07) is 21.8. The SMILES string of the molecule is CC1=CC(c2ccccc2)C(C2=[C]([Zr+2])C(c3ccccc3)C=C2C)=C1.[Cl-].[Cl-]. The number of rotatable bonds is 3. The fourth-order valence-corrected chi connectivity index (χ4v) is 5.44. The van der Waals surface area contributed by atoms with Gasteiger partial charge in [0, 0.05) is 0 Å². The Morgan fingerprint density at radius 2 is 1.22 bits per heavy atom. The molecule has 2 atom stereocenters. The van der Waals surface area contributed by atoms with Crippen molar-refractivity contribution in [3.8, 4) is 0 Å². The monoisotopic (exact) mass is 469 g/mol. The summed E-state index contributed by atoms with van der Waals surface area (Å²) >= 11 is 1.52. The Labute approximate surface area is 189 Å². The second-order valence-electron chi connectivity index (χ2n) is 6.93. The Morgan fingerprint density at radius 1 is 0.704 bits per heavy atom. The average Bonchev–Trinajstić information content (AvgIpc) is 3.15. The average molecular weight is 472 g/mol. The van der Waals surface area contributed by atoms with Gasteiger partial charge in [0.15, 0.2) is 0 Å². The second-order valence-corrected chi connectivity index (χ2v) is 8.25. The van der Waals surface area contributed by atoms with E-state index < -0.39 is 0 Å². The van der Waals surface area contributed by atoms with Crippen molar-refractivity contribution in [3.05, 3.63) is 116 Å². The first kappa shape index (κ1) is 22.2. The van der Waals surface area contributed by atoms with E-state index in [2.05, 4.69) is 92.7 Å². The maximum atomic E-state index is 2.45. The minimum absolute atomic E-state index is 0. The Morgan fingerprint density at radius 3 is 1.78 bits per heavy atom. The second kappa shape index (κ2) is 9.37. The third-order valence-electron chi connectivity index (χ3n) is 5.15. The number of halogens is 2. The van der Waals surface area contributed by atoms with Crippen molar-refractivity contribution in [1.82, 2.24) is 0 Å². The fraction of sp³-hybridized carbons (Fsp3) is 0.167. The first-order valence-corrected chi connectivity index (χ1v) is 10.0. The summed E-state index contributed by atoms with van der Waals surface area (Å²) in [6.45, 7) is 4.49. The van der Waals surface area contributed by atoms with Crippen molar-refractivity contribution in [3.63, 3.8) is 0 Å². The molecule has 0 saturated heterocycles. The first-order chi connectivity index (χ1) is 12.1. The van der Waals surface area contributed by atoms with Crippen LogP contribution in [0.1, 0.15) is 36.8 Å². The van der Waals surface area contributed by atoms with Gasteiger partial charge in [0.05, 0.1) is 0 Å². The third kappa shape index (κ3) is 4.32. The molecule has 0 spiro atoms. The molecule has 2 aliphatic rings. The van der Waals surface area contributed by atoms with Crippen LogP contribution in [0.25, 0.3) is 0 Å². The first-order valence-electron chi connectivity index (χ1n) is 8.80. The number of benzene rings is 2. The summed E-state index contributed by atoms with van der Waals surface area (Å²) in [5, 5.41) is 0. The van der Waals surface area contributed by atoms with Crippen LogP contribution >= 0.6 is 0 Å². The van der Waals surface area contributed by atoms with E-state index in [-0.39, 0.29) is 24.8 Å². The van der Waals surface area contributed by atoms with Crippen LogP contribution in [0.15, 0.2) is 104 Å². The fourth-order valence-electron chi connectivity index (χ4n) is 3.99. The quantitative estimate of drug-likeness (QED) is 0.601. The van der Waals surface area contributed by atoms with Crippen LogP contribution in [0.3, 0.4) is 0 Å². The molecule has 2 aliphatic carbocycles. The topological polar surface area (TPSA) is 0 Å². The van der Waals surface area contributed by atoms with Crippen LogP contribution in [0.2, 0.25) is 0 Å². The molecular weight excluding hydrogens is 450 g/mol. The van der Waals surface area contributed by atoms with Gasteiger partial charge in [-0.15, -0.1) is 0 Å². The van der Waals surface area contributed by atoms with Gasteiger partial charge in [-0.2, -0.15) is 0 Å². The molecular formula is C24H21Cl2Zr. The smallest absolute Gasteiger partial charge is 1.00 e. The largest absolute Gasteiger partial charge is 1.00 e. The van der Waals surface area contributed by atoms with Crippen molar-refractivity contribution in [2.24, 2.45) is 0 Å². The summed E-state index contributed by atoms with van der Waals surface area (Å²) in [5.74, 6) is 0.817. The molecule has 0 amide bonds. The maximum absolute atomic E-state index is 2.45. The summed E-state index contributed by atoms with van der Waals surface area (Å²) in [5.41, 5.74) is 8.56. The van der Waals surface area contributed by atoms with Crippen LogP contribution in [-0.4, -0.2) is 0 Å². The van der Waals surface area contributed by atoms with Gasteiger partial charge in [-0.3, -0.25) is 0 Å². The summed E-state index contributed by atoms with van der Waals surface area (Å²) in [6.07, 6.45) is 7.25. The van der Waals surface area contributed by atoms with Gasteiger partial charge in [0.1, 0.15) is 0 Å². The van der Waals surface area contributed by atoms with E-state index in [0.717, 1.165) is 0 Å². The molecule has 0 nitrogen and oxygen atoms in total. The Kier molecular flexibility index (Phi) is 7.69. The number of allylic oxidation sites excluding steroid dienone is 8. The van der Waals surface area contributed by atoms with Gasteiger partial charge in [0.25, 0.3) is 0 Å². The maximum Gasteiger partial charge on any atom is -1.00 e. The molecule has 0 radical (unpaired) electrons. The minimum Gasteiger partial charge on any atom is -1.00 e. The van der Waals surface area contributed by atoms with Gasteiger partial charge >= 0.3 is 166 Å². The molecule has 0 fully saturated rings. The van der Waals surface area contributed by atoms with Gasteiger partial charge in [-0.05, 0) is 0 Å². The summed E-state index contributed by atoms with van der Waals surface area (Å²) in [4.78, 5) is 0. The molecule has 4 rings (SSSR count). The van der Waals surface area contributed by atoms with Crippen molar-refractivity contribution >= 4 is 0 Å². The van der Waals surface area contributed by atoms with Crippen molar-refractivity contribution in [1.29, 1.82) is 0 Å². The molecule has 27 heavy (non-hydrogen) atoms. The van der Waals surface area contributed by atoms with E-state index in [0.29, 0.717) is 11.8 Å². The normalized spacial score (nSPS) is 21.1. The number of hydrogen-bond acceptors (Lipinski definition) is 0. The molecule has 2 aromatic carbocycles. The Hall–Kier alpha value is -1.14. The molecule has 135 valence electrons. The van der Waals surface area contributed by atoms with E-state index in [1.807, 2.05) is 0 Å². The summed E-state index contributed by atoms with van der Waals surface area (Å²) < 4.78 is 1.56. The van der Waals surface area contributed by atoms with E-state index >= 15 is 0 Å². The molecule has 0 aromatic heterocycles. The standard InChI is InChI=1S/C24H21.2ClH.Zr/c1-17-13-23(20-11-7-4-8-12-20)24(14-17)22-16-21(15-18(22)2)19-9-5-3-6-10-19;;;/h3-15,21,23H,1-2H3;2*1H;/q;;;+2/p-2. The van der Waals surface area contributed by atoms with Crippen LogP contribution in [0, 0.1) is 0 Å². The molecule has 3 heteroatoms. The van der Waals surface area contributed by atoms with E-state index in [1.54, 1.807) is 3.28 Å². The zero-order valence-corrected chi connectivity index (χ0v) is 19.4. The predicted molar refractivity (Wildman–Crippen MR) is 101 cm³/mol. The van der Waals surface area contributed by atoms with Crippen molar-refractivity contribution in [2.75, 3.05) is 0 Å². The molecule has 0 heterocycles. The van der Waals surface area contributed by atoms with Crippen LogP contribution in [0.5, 0.6) is 0 Å². The van der Waals surface area contributed by atoms with Crippen LogP contribution in [-0.2, 0) is 24.7 Å². The third-order valence-corrected chi connectivity index (χ3v) is 6.52. The van der Waals surface area contributed by atoms with E-state index in [1.165, 1.54) is 58.1 Å². The van der Waals surface area contributed by atoms with E-state index in [9.17, 15) is 0 Å². The minimum atomic E-state index is 0. The molecule has 2 aromatic rings. The van der Waals surface area contributed by atoms with Crippen molar-refractivity contribution < 1.29 is 49.5 Å². The Balaban J connectivity index is 0.00000131. The van der Waals surface area contributed by atoms with Crippen molar-refractivity contribution in [2.45, 2.75) is 25.7 Å². The zero-order chi connectivity index (χ0) is 17.4. The molecule has 0 N–H and O–H groups in total. The van der Waals surface area contributed by atoms with Gasteiger partial charge in [0.2, 0.25) is 0 Å². The van der Waals surface area contributed by atoms with Gasteiger partial charge in [-0.1, -0.05) is 0 Å². The van der Waals surface area contributed by atoms with Crippen LogP contribution < -0.4 is 24.8 Å². The molecule has 0 saturated carbocycles. The van der Waals surface area contributed by atoms with Gasteiger partial charge < -0.3 is 24.8 Å². The summed E-state index contributed by atoms with van der Waals surface area (Å²) in [7, 11) is 0. The van der Waals surface area contributed by atoms with E-state index in [4.69, 9.17) is 0 Å². The molecule has 0 aliphatic heterocycles. The number of hydrogen-bond donors (Lipinski definition) is 0.